The molecule has 0 fully saturated rings. The lowest BCUT2D eigenvalue weighted by Crippen LogP contribution is -2.17. The summed E-state index contributed by atoms with van der Waals surface area (Å²) < 4.78 is 1.95. The Morgan fingerprint density at radius 1 is 1.30 bits per heavy atom. The third-order valence-electron chi connectivity index (χ3n) is 4.75. The van der Waals surface area contributed by atoms with Crippen LogP contribution in [0, 0.1) is 13.8 Å². The van der Waals surface area contributed by atoms with Gasteiger partial charge in [0.15, 0.2) is 5.82 Å². The quantitative estimate of drug-likeness (QED) is 0.728. The molecule has 1 aromatic carbocycles. The molecule has 6 nitrogen and oxygen atoms in total. The van der Waals surface area contributed by atoms with Crippen LogP contribution < -0.4 is 5.73 Å². The molecule has 0 unspecified atom stereocenters. The topological polar surface area (TPSA) is 86.2 Å². The lowest BCUT2D eigenvalue weighted by molar-refractivity contribution is -0.118. The lowest BCUT2D eigenvalue weighted by atomic mass is 9.99. The lowest BCUT2D eigenvalue weighted by Gasteiger charge is -2.11. The first-order chi connectivity index (χ1) is 13.0. The number of halogens is 1. The van der Waals surface area contributed by atoms with E-state index in [4.69, 9.17) is 22.3 Å². The fourth-order valence-electron chi connectivity index (χ4n) is 3.23. The third kappa shape index (κ3) is 3.12. The zero-order chi connectivity index (χ0) is 19.1. The minimum absolute atomic E-state index is 0.0175. The Morgan fingerprint density at radius 3 is 2.74 bits per heavy atom. The molecule has 1 aliphatic rings. The van der Waals surface area contributed by atoms with E-state index in [1.807, 2.05) is 28.8 Å². The van der Waals surface area contributed by atoms with E-state index in [0.29, 0.717) is 10.8 Å². The highest BCUT2D eigenvalue weighted by molar-refractivity contribution is 7.15. The Morgan fingerprint density at radius 2 is 2.04 bits per heavy atom. The van der Waals surface area contributed by atoms with Crippen molar-refractivity contribution in [2.75, 3.05) is 6.54 Å². The average Bonchev–Trinajstić information content (AvgIpc) is 3.22. The highest BCUT2D eigenvalue weighted by Crippen LogP contribution is 2.38. The molecule has 0 saturated heterocycles. The molecule has 138 valence electrons. The number of aromatic nitrogens is 3. The van der Waals surface area contributed by atoms with Gasteiger partial charge < -0.3 is 5.73 Å². The average molecular weight is 400 g/mol. The molecule has 0 radical (unpaired) electrons. The number of nitrogens with zero attached hydrogens (tertiary/aromatic N) is 4. The number of Topliss-reactive ketones (excluding diaryl/α,β-unsaturated/α-hetero) is 1. The Kier molecular flexibility index (Phi) is 4.67. The van der Waals surface area contributed by atoms with E-state index in [0.717, 1.165) is 27.4 Å². The first kappa shape index (κ1) is 18.0. The fourth-order valence-corrected chi connectivity index (χ4v) is 4.49. The molecule has 0 saturated carbocycles. The first-order valence-corrected chi connectivity index (χ1v) is 9.75. The van der Waals surface area contributed by atoms with Crippen molar-refractivity contribution in [3.63, 3.8) is 0 Å². The van der Waals surface area contributed by atoms with E-state index in [9.17, 15) is 4.79 Å². The van der Waals surface area contributed by atoms with Crippen LogP contribution in [0.15, 0.2) is 35.6 Å². The van der Waals surface area contributed by atoms with Crippen molar-refractivity contribution in [1.29, 1.82) is 0 Å². The molecule has 27 heavy (non-hydrogen) atoms. The number of nitrogens with two attached hydrogens (primary N) is 1. The van der Waals surface area contributed by atoms with Gasteiger partial charge in [0.25, 0.3) is 0 Å². The van der Waals surface area contributed by atoms with Gasteiger partial charge >= 0.3 is 0 Å². The molecular formula is C19H18ClN5OS. The predicted octanol–water partition coefficient (Wildman–Crippen LogP) is 3.41. The number of hydrogen-bond acceptors (Lipinski definition) is 6. The molecule has 8 heteroatoms. The van der Waals surface area contributed by atoms with Crippen molar-refractivity contribution in [1.82, 2.24) is 14.8 Å². The van der Waals surface area contributed by atoms with E-state index in [-0.39, 0.29) is 18.7 Å². The van der Waals surface area contributed by atoms with Crippen LogP contribution in [0.1, 0.15) is 39.9 Å². The minimum atomic E-state index is -0.437. The van der Waals surface area contributed by atoms with Crippen LogP contribution >= 0.6 is 22.9 Å². The monoisotopic (exact) mass is 399 g/mol. The summed E-state index contributed by atoms with van der Waals surface area (Å²) in [6, 6.07) is 7.16. The molecule has 2 N–H and O–H groups in total. The zero-order valence-corrected chi connectivity index (χ0v) is 16.5. The van der Waals surface area contributed by atoms with Crippen LogP contribution in [-0.4, -0.2) is 32.8 Å². The summed E-state index contributed by atoms with van der Waals surface area (Å²) in [6.07, 6.45) is 1.88. The second-order valence-corrected chi connectivity index (χ2v) is 8.11. The smallest absolute Gasteiger partial charge is 0.163 e. The summed E-state index contributed by atoms with van der Waals surface area (Å²) in [7, 11) is 0. The molecule has 3 aromatic rings. The number of carbonyl (C=O) groups excluding carboxylic acids is 1. The maximum atomic E-state index is 12.1. The van der Waals surface area contributed by atoms with Crippen molar-refractivity contribution in [3.05, 3.63) is 63.0 Å². The van der Waals surface area contributed by atoms with Crippen molar-refractivity contribution in [2.45, 2.75) is 26.3 Å². The van der Waals surface area contributed by atoms with Crippen molar-refractivity contribution >= 4 is 34.4 Å². The second-order valence-electron chi connectivity index (χ2n) is 6.47. The van der Waals surface area contributed by atoms with Crippen LogP contribution in [0.25, 0.3) is 5.00 Å². The molecule has 0 aliphatic carbocycles. The number of carbonyl (C=O) groups is 1. The standard InChI is InChI=1S/C19H18ClN5OS/c1-10-11(2)27-19-16(10)17(12-3-5-13(20)6-4-12)23-15(7-14(26)8-21)18-24-22-9-25(18)19/h3-6,9,15H,7-8,21H2,1-2H3/t15-/m1/s1. The number of thiophene rings is 1. The van der Waals surface area contributed by atoms with E-state index in [2.05, 4.69) is 24.0 Å². The number of aryl methyl sites for hydroxylation is 1. The molecular weight excluding hydrogens is 382 g/mol. The maximum absolute atomic E-state index is 12.1. The van der Waals surface area contributed by atoms with Gasteiger partial charge in [-0.3, -0.25) is 14.4 Å². The molecule has 2 aromatic heterocycles. The highest BCUT2D eigenvalue weighted by Gasteiger charge is 2.30. The summed E-state index contributed by atoms with van der Waals surface area (Å²) >= 11 is 7.74. The molecule has 4 rings (SSSR count). The van der Waals surface area contributed by atoms with Crippen LogP contribution in [0.5, 0.6) is 0 Å². The fraction of sp³-hybridized carbons (Fsp3) is 0.263. The number of fused-ring (bicyclic) bond motifs is 3. The SMILES string of the molecule is Cc1sc2c(c1C)C(c1ccc(Cl)cc1)=N[C@H](CC(=O)CN)c1nncn1-2. The number of rotatable bonds is 4. The number of ketones is 1. The molecule has 0 amide bonds. The van der Waals surface area contributed by atoms with Crippen LogP contribution in [0.2, 0.25) is 5.02 Å². The number of aliphatic imine (C=N–C) groups is 1. The summed E-state index contributed by atoms with van der Waals surface area (Å²) in [5.74, 6) is 0.593. The Bertz CT molecular complexity index is 1050. The van der Waals surface area contributed by atoms with Gasteiger partial charge in [-0.1, -0.05) is 23.7 Å². The summed E-state index contributed by atoms with van der Waals surface area (Å²) in [4.78, 5) is 18.3. The van der Waals surface area contributed by atoms with Gasteiger partial charge in [0.1, 0.15) is 23.2 Å². The first-order valence-electron chi connectivity index (χ1n) is 8.55. The van der Waals surface area contributed by atoms with Gasteiger partial charge in [0, 0.05) is 27.4 Å². The van der Waals surface area contributed by atoms with Crippen molar-refractivity contribution in [2.24, 2.45) is 10.7 Å². The zero-order valence-electron chi connectivity index (χ0n) is 14.9. The number of hydrogen-bond donors (Lipinski definition) is 1. The molecule has 1 atom stereocenters. The Hall–Kier alpha value is -2.35. The van der Waals surface area contributed by atoms with Gasteiger partial charge in [-0.25, -0.2) is 0 Å². The second kappa shape index (κ2) is 6.99. The van der Waals surface area contributed by atoms with E-state index in [1.165, 1.54) is 4.88 Å². The molecule has 0 bridgehead atoms. The highest BCUT2D eigenvalue weighted by atomic mass is 35.5. The van der Waals surface area contributed by atoms with Crippen LogP contribution in [-0.2, 0) is 4.79 Å². The van der Waals surface area contributed by atoms with Gasteiger partial charge in [-0.15, -0.1) is 21.5 Å². The van der Waals surface area contributed by atoms with Crippen molar-refractivity contribution in [3.8, 4) is 5.00 Å². The predicted molar refractivity (Wildman–Crippen MR) is 107 cm³/mol. The van der Waals surface area contributed by atoms with Crippen LogP contribution in [0.4, 0.5) is 0 Å². The van der Waals surface area contributed by atoms with E-state index in [1.54, 1.807) is 17.7 Å². The Labute approximate surface area is 165 Å². The normalized spacial score (nSPS) is 15.7. The van der Waals surface area contributed by atoms with Gasteiger partial charge in [-0.2, -0.15) is 0 Å². The van der Waals surface area contributed by atoms with Crippen molar-refractivity contribution < 1.29 is 4.79 Å². The summed E-state index contributed by atoms with van der Waals surface area (Å²) in [5.41, 5.74) is 9.53. The third-order valence-corrected chi connectivity index (χ3v) is 6.20. The minimum Gasteiger partial charge on any atom is -0.324 e. The van der Waals surface area contributed by atoms with Gasteiger partial charge in [0.2, 0.25) is 0 Å². The largest absolute Gasteiger partial charge is 0.324 e. The van der Waals surface area contributed by atoms with E-state index >= 15 is 0 Å². The number of benzene rings is 1. The van der Waals surface area contributed by atoms with Gasteiger partial charge in [-0.05, 0) is 31.5 Å². The molecule has 0 spiro atoms. The molecule has 1 aliphatic heterocycles. The van der Waals surface area contributed by atoms with Gasteiger partial charge in [0.05, 0.1) is 12.3 Å². The van der Waals surface area contributed by atoms with E-state index < -0.39 is 6.04 Å². The summed E-state index contributed by atoms with van der Waals surface area (Å²) in [5, 5.41) is 10.0. The summed E-state index contributed by atoms with van der Waals surface area (Å²) in [6.45, 7) is 4.16. The maximum Gasteiger partial charge on any atom is 0.163 e. The Balaban J connectivity index is 1.97. The van der Waals surface area contributed by atoms with Crippen LogP contribution in [0.3, 0.4) is 0 Å². The molecule has 3 heterocycles.